The number of carbonyl (C=O) groups excluding carboxylic acids is 2. The van der Waals surface area contributed by atoms with Crippen molar-refractivity contribution in [1.82, 2.24) is 19.9 Å². The van der Waals surface area contributed by atoms with Crippen LogP contribution in [0, 0.1) is 0 Å². The summed E-state index contributed by atoms with van der Waals surface area (Å²) in [4.78, 5) is 36.4. The second-order valence-electron chi connectivity index (χ2n) is 7.69. The smallest absolute Gasteiger partial charge is 0.270 e. The molecule has 2 aromatic heterocycles. The number of aromatic nitrogens is 3. The largest absolute Gasteiger partial charge is 0.343 e. The molecule has 2 heterocycles. The minimum absolute atomic E-state index is 0.00741. The lowest BCUT2D eigenvalue weighted by atomic mass is 10.2. The molecule has 0 atom stereocenters. The zero-order valence-electron chi connectivity index (χ0n) is 18.1. The predicted molar refractivity (Wildman–Crippen MR) is 124 cm³/mol. The van der Waals surface area contributed by atoms with Crippen molar-refractivity contribution >= 4 is 28.5 Å². The number of benzene rings is 2. The molecule has 0 saturated heterocycles. The average Bonchev–Trinajstić information content (AvgIpc) is 3.16. The Morgan fingerprint density at radius 3 is 2.41 bits per heavy atom. The van der Waals surface area contributed by atoms with Crippen LogP contribution >= 0.6 is 0 Å². The van der Waals surface area contributed by atoms with Gasteiger partial charge in [0.15, 0.2) is 0 Å². The van der Waals surface area contributed by atoms with Crippen molar-refractivity contribution in [1.29, 1.82) is 0 Å². The highest BCUT2D eigenvalue weighted by Crippen LogP contribution is 2.20. The van der Waals surface area contributed by atoms with E-state index in [1.54, 1.807) is 29.3 Å². The van der Waals surface area contributed by atoms with Gasteiger partial charge in [-0.2, -0.15) is 0 Å². The number of pyridine rings is 1. The van der Waals surface area contributed by atoms with E-state index in [1.807, 2.05) is 73.0 Å². The summed E-state index contributed by atoms with van der Waals surface area (Å²) in [6, 6.07) is 22.4. The van der Waals surface area contributed by atoms with Crippen LogP contribution < -0.4 is 10.2 Å². The molecule has 1 N–H and O–H groups in total. The van der Waals surface area contributed by atoms with Gasteiger partial charge in [0.2, 0.25) is 5.91 Å². The number of hydrogen-bond acceptors (Lipinski definition) is 4. The molecule has 4 rings (SSSR count). The Balaban J connectivity index is 1.61. The van der Waals surface area contributed by atoms with Gasteiger partial charge in [0, 0.05) is 17.9 Å². The first-order valence-electron chi connectivity index (χ1n) is 10.5. The Hall–Kier alpha value is -4.00. The van der Waals surface area contributed by atoms with E-state index in [0.717, 1.165) is 16.7 Å². The number of carbonyl (C=O) groups is 2. The van der Waals surface area contributed by atoms with Gasteiger partial charge >= 0.3 is 0 Å². The maximum Gasteiger partial charge on any atom is 0.270 e. The first-order chi connectivity index (χ1) is 15.5. The highest BCUT2D eigenvalue weighted by atomic mass is 16.2. The third-order valence-corrected chi connectivity index (χ3v) is 5.15. The van der Waals surface area contributed by atoms with Crippen LogP contribution in [0.3, 0.4) is 0 Å². The Kier molecular flexibility index (Phi) is 6.26. The summed E-state index contributed by atoms with van der Waals surface area (Å²) in [6.45, 7) is 4.28. The van der Waals surface area contributed by atoms with Gasteiger partial charge in [0.05, 0.1) is 17.6 Å². The molecular formula is C25H25N5O2. The highest BCUT2D eigenvalue weighted by molar-refractivity contribution is 5.95. The molecule has 0 aliphatic rings. The van der Waals surface area contributed by atoms with Gasteiger partial charge in [-0.3, -0.25) is 14.6 Å². The lowest BCUT2D eigenvalue weighted by Gasteiger charge is -2.27. The molecule has 0 saturated carbocycles. The molecule has 0 bridgehead atoms. The van der Waals surface area contributed by atoms with E-state index in [1.165, 1.54) is 0 Å². The van der Waals surface area contributed by atoms with Gasteiger partial charge in [-0.05, 0) is 50.2 Å². The Morgan fingerprint density at radius 2 is 1.69 bits per heavy atom. The van der Waals surface area contributed by atoms with Crippen molar-refractivity contribution in [3.8, 4) is 0 Å². The van der Waals surface area contributed by atoms with Gasteiger partial charge in [-0.15, -0.1) is 0 Å². The first-order valence-corrected chi connectivity index (χ1v) is 10.5. The fraction of sp³-hybridized carbons (Fsp3) is 0.200. The number of anilines is 1. The minimum atomic E-state index is -0.288. The van der Waals surface area contributed by atoms with Crippen molar-refractivity contribution in [2.45, 2.75) is 33.0 Å². The molecule has 162 valence electrons. The summed E-state index contributed by atoms with van der Waals surface area (Å²) < 4.78 is 1.87. The number of amides is 2. The Bertz CT molecular complexity index is 1220. The second kappa shape index (κ2) is 9.43. The summed E-state index contributed by atoms with van der Waals surface area (Å²) in [6.07, 6.45) is 1.58. The van der Waals surface area contributed by atoms with E-state index in [0.29, 0.717) is 11.5 Å². The second-order valence-corrected chi connectivity index (χ2v) is 7.69. The monoisotopic (exact) mass is 427 g/mol. The normalized spacial score (nSPS) is 11.0. The molecule has 0 spiro atoms. The summed E-state index contributed by atoms with van der Waals surface area (Å²) >= 11 is 0. The average molecular weight is 428 g/mol. The summed E-state index contributed by atoms with van der Waals surface area (Å²) in [5.74, 6) is 0.274. The first kappa shape index (κ1) is 21.2. The molecule has 2 amide bonds. The van der Waals surface area contributed by atoms with Gasteiger partial charge in [-0.1, -0.05) is 36.4 Å². The van der Waals surface area contributed by atoms with E-state index in [9.17, 15) is 9.59 Å². The lowest BCUT2D eigenvalue weighted by molar-refractivity contribution is -0.119. The molecule has 0 aliphatic heterocycles. The lowest BCUT2D eigenvalue weighted by Crippen LogP contribution is -2.39. The van der Waals surface area contributed by atoms with E-state index in [2.05, 4.69) is 15.3 Å². The van der Waals surface area contributed by atoms with Crippen LogP contribution in [0.1, 0.15) is 30.2 Å². The van der Waals surface area contributed by atoms with Crippen LogP contribution in [-0.2, 0) is 17.9 Å². The van der Waals surface area contributed by atoms with Crippen LogP contribution in [-0.4, -0.2) is 32.4 Å². The molecule has 32 heavy (non-hydrogen) atoms. The molecule has 7 nitrogen and oxygen atoms in total. The molecular weight excluding hydrogens is 402 g/mol. The van der Waals surface area contributed by atoms with Crippen molar-refractivity contribution in [3.63, 3.8) is 0 Å². The van der Waals surface area contributed by atoms with Crippen LogP contribution in [0.15, 0.2) is 79.0 Å². The van der Waals surface area contributed by atoms with Crippen LogP contribution in [0.5, 0.6) is 0 Å². The Morgan fingerprint density at radius 1 is 0.969 bits per heavy atom. The summed E-state index contributed by atoms with van der Waals surface area (Å²) in [5, 5.41) is 2.86. The summed E-state index contributed by atoms with van der Waals surface area (Å²) in [7, 11) is 0. The van der Waals surface area contributed by atoms with E-state index < -0.39 is 0 Å². The Labute approximate surface area is 186 Å². The zero-order chi connectivity index (χ0) is 22.5. The van der Waals surface area contributed by atoms with Crippen LogP contribution in [0.4, 0.5) is 5.69 Å². The predicted octanol–water partition coefficient (Wildman–Crippen LogP) is 3.80. The zero-order valence-corrected chi connectivity index (χ0v) is 18.1. The number of rotatable bonds is 7. The third kappa shape index (κ3) is 4.51. The van der Waals surface area contributed by atoms with Crippen LogP contribution in [0.25, 0.3) is 11.0 Å². The molecule has 4 aromatic rings. The number of nitrogens with one attached hydrogen (secondary N) is 1. The van der Waals surface area contributed by atoms with Gasteiger partial charge in [0.25, 0.3) is 5.91 Å². The number of imidazole rings is 1. The summed E-state index contributed by atoms with van der Waals surface area (Å²) in [5.41, 5.74) is 2.81. The van der Waals surface area contributed by atoms with E-state index in [-0.39, 0.29) is 30.9 Å². The molecule has 0 radical (unpaired) electrons. The van der Waals surface area contributed by atoms with Crippen molar-refractivity contribution < 1.29 is 9.59 Å². The van der Waals surface area contributed by atoms with Gasteiger partial charge in [-0.25, -0.2) is 4.98 Å². The molecule has 7 heteroatoms. The number of fused-ring (bicyclic) bond motifs is 1. The van der Waals surface area contributed by atoms with Crippen molar-refractivity contribution in [2.75, 3.05) is 4.90 Å². The maximum atomic E-state index is 13.4. The van der Waals surface area contributed by atoms with Crippen LogP contribution in [0.2, 0.25) is 0 Å². The van der Waals surface area contributed by atoms with Crippen molar-refractivity contribution in [3.05, 3.63) is 90.5 Å². The minimum Gasteiger partial charge on any atom is -0.343 e. The van der Waals surface area contributed by atoms with E-state index >= 15 is 0 Å². The molecule has 0 unspecified atom stereocenters. The molecule has 2 aromatic carbocycles. The third-order valence-electron chi connectivity index (χ3n) is 5.15. The SMILES string of the molecule is CC(C)N(C(=O)Cn1c(CNC(=O)c2ccccn2)nc2ccccc21)c1ccccc1. The highest BCUT2D eigenvalue weighted by Gasteiger charge is 2.22. The number of para-hydroxylation sites is 3. The maximum absolute atomic E-state index is 13.4. The standard InChI is InChI=1S/C25H25N5O2/c1-18(2)30(19-10-4-3-5-11-19)24(31)17-29-22-14-7-6-12-20(22)28-23(29)16-27-25(32)21-13-8-9-15-26-21/h3-15,18H,16-17H2,1-2H3,(H,27,32). The molecule has 0 fully saturated rings. The van der Waals surface area contributed by atoms with E-state index in [4.69, 9.17) is 0 Å². The fourth-order valence-corrected chi connectivity index (χ4v) is 3.71. The van der Waals surface area contributed by atoms with Gasteiger partial charge in [0.1, 0.15) is 18.1 Å². The molecule has 0 aliphatic carbocycles. The topological polar surface area (TPSA) is 80.1 Å². The quantitative estimate of drug-likeness (QED) is 0.486. The van der Waals surface area contributed by atoms with Gasteiger partial charge < -0.3 is 14.8 Å². The number of hydrogen-bond donors (Lipinski definition) is 1. The fourth-order valence-electron chi connectivity index (χ4n) is 3.71. The number of nitrogens with zero attached hydrogens (tertiary/aromatic N) is 4. The van der Waals surface area contributed by atoms with Crippen molar-refractivity contribution in [2.24, 2.45) is 0 Å².